The second-order valence-corrected chi connectivity index (χ2v) is 5.73. The van der Waals surface area contributed by atoms with Crippen molar-refractivity contribution in [3.05, 3.63) is 54.5 Å². The van der Waals surface area contributed by atoms with Gasteiger partial charge in [-0.05, 0) is 36.8 Å². The summed E-state index contributed by atoms with van der Waals surface area (Å²) in [6.07, 6.45) is 5.26. The van der Waals surface area contributed by atoms with Gasteiger partial charge in [0.1, 0.15) is 17.2 Å². The van der Waals surface area contributed by atoms with Crippen LogP contribution in [0.1, 0.15) is 5.56 Å². The molecule has 0 bridgehead atoms. The first kappa shape index (κ1) is 14.3. The van der Waals surface area contributed by atoms with Crippen molar-refractivity contribution in [2.24, 2.45) is 7.05 Å². The molecule has 0 spiro atoms. The van der Waals surface area contributed by atoms with Gasteiger partial charge in [0.2, 0.25) is 0 Å². The number of pyridine rings is 1. The van der Waals surface area contributed by atoms with Crippen molar-refractivity contribution in [3.63, 3.8) is 0 Å². The van der Waals surface area contributed by atoms with Crippen molar-refractivity contribution >= 4 is 16.7 Å². The standard InChI is InChI=1S/C18H16N6/c1-11-5-7-20-14-4-3-12(9-13(11)14)17-18(22-16(19)10-21-17)15-6-8-24(2)23-15/h3-10H,1-2H3,(H2,19,22). The number of nitrogens with two attached hydrogens (primary N) is 1. The molecule has 1 aromatic carbocycles. The van der Waals surface area contributed by atoms with Crippen LogP contribution in [0.4, 0.5) is 5.82 Å². The van der Waals surface area contributed by atoms with Crippen LogP contribution in [0.15, 0.2) is 48.9 Å². The van der Waals surface area contributed by atoms with E-state index in [1.54, 1.807) is 10.9 Å². The van der Waals surface area contributed by atoms with Gasteiger partial charge in [-0.15, -0.1) is 0 Å². The van der Waals surface area contributed by atoms with Gasteiger partial charge >= 0.3 is 0 Å². The zero-order valence-corrected chi connectivity index (χ0v) is 13.4. The third kappa shape index (κ3) is 2.38. The molecule has 2 N–H and O–H groups in total. The Bertz CT molecular complexity index is 1050. The number of nitrogens with zero attached hydrogens (tertiary/aromatic N) is 5. The molecule has 0 radical (unpaired) electrons. The Labute approximate surface area is 139 Å². The Morgan fingerprint density at radius 1 is 1.04 bits per heavy atom. The molecule has 6 nitrogen and oxygen atoms in total. The molecule has 0 fully saturated rings. The quantitative estimate of drug-likeness (QED) is 0.615. The molecule has 24 heavy (non-hydrogen) atoms. The molecule has 118 valence electrons. The number of fused-ring (bicyclic) bond motifs is 1. The van der Waals surface area contributed by atoms with Crippen molar-refractivity contribution in [3.8, 4) is 22.6 Å². The summed E-state index contributed by atoms with van der Waals surface area (Å²) in [5.74, 6) is 0.373. The van der Waals surface area contributed by atoms with Gasteiger partial charge in [0, 0.05) is 30.4 Å². The van der Waals surface area contributed by atoms with E-state index in [1.807, 2.05) is 43.7 Å². The third-order valence-corrected chi connectivity index (χ3v) is 3.98. The molecule has 4 rings (SSSR count). The fourth-order valence-corrected chi connectivity index (χ4v) is 2.76. The Hall–Kier alpha value is -3.28. The first-order valence-corrected chi connectivity index (χ1v) is 7.60. The van der Waals surface area contributed by atoms with Gasteiger partial charge in [0.25, 0.3) is 0 Å². The number of hydrogen-bond acceptors (Lipinski definition) is 5. The summed E-state index contributed by atoms with van der Waals surface area (Å²) in [4.78, 5) is 13.4. The summed E-state index contributed by atoms with van der Waals surface area (Å²) in [6, 6.07) is 9.99. The van der Waals surface area contributed by atoms with Crippen molar-refractivity contribution in [2.75, 3.05) is 5.73 Å². The lowest BCUT2D eigenvalue weighted by molar-refractivity contribution is 0.770. The van der Waals surface area contributed by atoms with E-state index in [-0.39, 0.29) is 0 Å². The first-order chi connectivity index (χ1) is 11.6. The van der Waals surface area contributed by atoms with Crippen LogP contribution in [0.3, 0.4) is 0 Å². The minimum Gasteiger partial charge on any atom is -0.382 e. The molecule has 0 unspecified atom stereocenters. The smallest absolute Gasteiger partial charge is 0.142 e. The Morgan fingerprint density at radius 2 is 1.92 bits per heavy atom. The molecule has 4 aromatic rings. The minimum atomic E-state index is 0.373. The van der Waals surface area contributed by atoms with E-state index in [0.29, 0.717) is 11.5 Å². The van der Waals surface area contributed by atoms with Crippen LogP contribution in [-0.4, -0.2) is 24.7 Å². The molecule has 0 aliphatic heterocycles. The van der Waals surface area contributed by atoms with Gasteiger partial charge in [-0.3, -0.25) is 14.6 Å². The fraction of sp³-hybridized carbons (Fsp3) is 0.111. The van der Waals surface area contributed by atoms with Crippen LogP contribution in [0.5, 0.6) is 0 Å². The van der Waals surface area contributed by atoms with Crippen molar-refractivity contribution < 1.29 is 0 Å². The Kier molecular flexibility index (Phi) is 3.23. The highest BCUT2D eigenvalue weighted by atomic mass is 15.3. The predicted molar refractivity (Wildman–Crippen MR) is 94.1 cm³/mol. The van der Waals surface area contributed by atoms with Gasteiger partial charge in [0.05, 0.1) is 17.4 Å². The topological polar surface area (TPSA) is 82.5 Å². The summed E-state index contributed by atoms with van der Waals surface area (Å²) in [5.41, 5.74) is 11.1. The van der Waals surface area contributed by atoms with Crippen LogP contribution < -0.4 is 5.73 Å². The maximum Gasteiger partial charge on any atom is 0.142 e. The lowest BCUT2D eigenvalue weighted by atomic mass is 10.0. The van der Waals surface area contributed by atoms with E-state index in [1.165, 1.54) is 5.56 Å². The van der Waals surface area contributed by atoms with Crippen LogP contribution in [-0.2, 0) is 7.05 Å². The van der Waals surface area contributed by atoms with Gasteiger partial charge in [-0.2, -0.15) is 5.10 Å². The second kappa shape index (κ2) is 5.42. The molecule has 0 amide bonds. The van der Waals surface area contributed by atoms with Crippen LogP contribution >= 0.6 is 0 Å². The zero-order valence-electron chi connectivity index (χ0n) is 13.4. The van der Waals surface area contributed by atoms with Gasteiger partial charge < -0.3 is 5.73 Å². The molecule has 3 heterocycles. The highest BCUT2D eigenvalue weighted by molar-refractivity contribution is 5.88. The summed E-state index contributed by atoms with van der Waals surface area (Å²) >= 11 is 0. The third-order valence-electron chi connectivity index (χ3n) is 3.98. The summed E-state index contributed by atoms with van der Waals surface area (Å²) < 4.78 is 1.73. The molecule has 0 aliphatic rings. The van der Waals surface area contributed by atoms with E-state index in [4.69, 9.17) is 5.73 Å². The average molecular weight is 316 g/mol. The van der Waals surface area contributed by atoms with Crippen molar-refractivity contribution in [2.45, 2.75) is 6.92 Å². The number of benzene rings is 1. The normalized spacial score (nSPS) is 11.1. The Balaban J connectivity index is 1.95. The van der Waals surface area contributed by atoms with E-state index < -0.39 is 0 Å². The van der Waals surface area contributed by atoms with Gasteiger partial charge in [-0.25, -0.2) is 4.98 Å². The molecular formula is C18H16N6. The van der Waals surface area contributed by atoms with Crippen LogP contribution in [0, 0.1) is 6.92 Å². The largest absolute Gasteiger partial charge is 0.382 e. The molecule has 0 saturated carbocycles. The number of anilines is 1. The van der Waals surface area contributed by atoms with E-state index in [2.05, 4.69) is 33.0 Å². The molecule has 0 atom stereocenters. The van der Waals surface area contributed by atoms with E-state index >= 15 is 0 Å². The van der Waals surface area contributed by atoms with E-state index in [9.17, 15) is 0 Å². The molecule has 6 heteroatoms. The zero-order chi connectivity index (χ0) is 16.7. The first-order valence-electron chi connectivity index (χ1n) is 7.60. The summed E-state index contributed by atoms with van der Waals surface area (Å²) in [6.45, 7) is 2.07. The van der Waals surface area contributed by atoms with Gasteiger partial charge in [-0.1, -0.05) is 6.07 Å². The number of aromatic nitrogens is 5. The monoisotopic (exact) mass is 316 g/mol. The highest BCUT2D eigenvalue weighted by Crippen LogP contribution is 2.30. The predicted octanol–water partition coefficient (Wildman–Crippen LogP) is 2.98. The number of hydrogen-bond donors (Lipinski definition) is 1. The average Bonchev–Trinajstić information content (AvgIpc) is 3.01. The molecule has 3 aromatic heterocycles. The molecular weight excluding hydrogens is 300 g/mol. The van der Waals surface area contributed by atoms with Crippen molar-refractivity contribution in [1.29, 1.82) is 0 Å². The highest BCUT2D eigenvalue weighted by Gasteiger charge is 2.14. The maximum atomic E-state index is 5.85. The molecule has 0 saturated heterocycles. The number of rotatable bonds is 2. The fourth-order valence-electron chi connectivity index (χ4n) is 2.76. The molecule has 0 aliphatic carbocycles. The van der Waals surface area contributed by atoms with E-state index in [0.717, 1.165) is 27.9 Å². The summed E-state index contributed by atoms with van der Waals surface area (Å²) in [7, 11) is 1.87. The van der Waals surface area contributed by atoms with Gasteiger partial charge in [0.15, 0.2) is 0 Å². The Morgan fingerprint density at radius 3 is 2.71 bits per heavy atom. The second-order valence-electron chi connectivity index (χ2n) is 5.73. The number of aryl methyl sites for hydroxylation is 2. The van der Waals surface area contributed by atoms with Crippen LogP contribution in [0.2, 0.25) is 0 Å². The maximum absolute atomic E-state index is 5.85. The lowest BCUT2D eigenvalue weighted by Gasteiger charge is -2.09. The lowest BCUT2D eigenvalue weighted by Crippen LogP contribution is -1.99. The van der Waals surface area contributed by atoms with Crippen LogP contribution in [0.25, 0.3) is 33.5 Å². The number of nitrogen functional groups attached to an aromatic ring is 1. The minimum absolute atomic E-state index is 0.373. The SMILES string of the molecule is Cc1ccnc2ccc(-c3ncc(N)nc3-c3ccn(C)n3)cc12. The summed E-state index contributed by atoms with van der Waals surface area (Å²) in [5, 5.41) is 5.53. The van der Waals surface area contributed by atoms with Crippen molar-refractivity contribution in [1.82, 2.24) is 24.7 Å².